The zero-order valence-corrected chi connectivity index (χ0v) is 18.0. The fourth-order valence-electron chi connectivity index (χ4n) is 3.80. The smallest absolute Gasteiger partial charge is 0.241 e. The summed E-state index contributed by atoms with van der Waals surface area (Å²) in [5.74, 6) is 1.50. The topological polar surface area (TPSA) is 100 Å². The first kappa shape index (κ1) is 20.1. The lowest BCUT2D eigenvalue weighted by Gasteiger charge is -2.27. The Hall–Kier alpha value is -3.85. The Morgan fingerprint density at radius 1 is 1.12 bits per heavy atom. The zero-order chi connectivity index (χ0) is 22.1. The number of nitrogens with zero attached hydrogens (tertiary/aromatic N) is 6. The standard InChI is InChI=1S/C23H24N8O/c1-15(2)18-13-27-31-9-6-16(11-20(18)31)19-5-7-25-23(28-19)29-21-4-3-17(12-26-21)30-10-8-24-14-22(30)32/h3-7,9,11-13,15,24H,8,10,14H2,1-2H3,(H,25,26,28,29). The van der Waals surface area contributed by atoms with Gasteiger partial charge < -0.3 is 15.5 Å². The van der Waals surface area contributed by atoms with Gasteiger partial charge in [-0.1, -0.05) is 13.8 Å². The van der Waals surface area contributed by atoms with Crippen LogP contribution in [0, 0.1) is 0 Å². The lowest BCUT2D eigenvalue weighted by Crippen LogP contribution is -2.48. The molecule has 0 spiro atoms. The average molecular weight is 429 g/mol. The average Bonchev–Trinajstić information content (AvgIpc) is 3.24. The monoisotopic (exact) mass is 428 g/mol. The van der Waals surface area contributed by atoms with Gasteiger partial charge in [0.25, 0.3) is 0 Å². The molecule has 4 aromatic heterocycles. The van der Waals surface area contributed by atoms with Crippen LogP contribution in [0.2, 0.25) is 0 Å². The number of pyridine rings is 2. The second-order valence-electron chi connectivity index (χ2n) is 8.01. The van der Waals surface area contributed by atoms with Crippen molar-refractivity contribution in [1.82, 2.24) is 29.9 Å². The van der Waals surface area contributed by atoms with Crippen LogP contribution < -0.4 is 15.5 Å². The molecule has 0 bridgehead atoms. The molecule has 5 rings (SSSR count). The van der Waals surface area contributed by atoms with Crippen LogP contribution in [0.25, 0.3) is 16.8 Å². The number of fused-ring (bicyclic) bond motifs is 1. The fourth-order valence-corrected chi connectivity index (χ4v) is 3.80. The normalized spacial score (nSPS) is 14.3. The molecule has 0 radical (unpaired) electrons. The number of carbonyl (C=O) groups is 1. The van der Waals surface area contributed by atoms with Crippen LogP contribution in [-0.4, -0.2) is 50.1 Å². The Morgan fingerprint density at radius 2 is 2.03 bits per heavy atom. The lowest BCUT2D eigenvalue weighted by atomic mass is 10.0. The van der Waals surface area contributed by atoms with Crippen LogP contribution in [0.5, 0.6) is 0 Å². The molecular weight excluding hydrogens is 404 g/mol. The molecule has 2 N–H and O–H groups in total. The van der Waals surface area contributed by atoms with Gasteiger partial charge >= 0.3 is 0 Å². The Balaban J connectivity index is 1.37. The van der Waals surface area contributed by atoms with Gasteiger partial charge in [0.2, 0.25) is 11.9 Å². The molecule has 1 fully saturated rings. The van der Waals surface area contributed by atoms with Gasteiger partial charge in [-0.25, -0.2) is 19.5 Å². The van der Waals surface area contributed by atoms with E-state index in [1.165, 1.54) is 5.56 Å². The summed E-state index contributed by atoms with van der Waals surface area (Å²) in [6.45, 7) is 6.08. The van der Waals surface area contributed by atoms with Gasteiger partial charge in [-0.3, -0.25) is 4.79 Å². The summed E-state index contributed by atoms with van der Waals surface area (Å²) < 4.78 is 1.88. The first-order chi connectivity index (χ1) is 15.6. The summed E-state index contributed by atoms with van der Waals surface area (Å²) in [6.07, 6.45) is 7.28. The number of amides is 1. The van der Waals surface area contributed by atoms with E-state index < -0.39 is 0 Å². The Bertz CT molecular complexity index is 1260. The molecule has 162 valence electrons. The molecule has 1 saturated heterocycles. The van der Waals surface area contributed by atoms with E-state index in [1.54, 1.807) is 17.3 Å². The third kappa shape index (κ3) is 3.90. The zero-order valence-electron chi connectivity index (χ0n) is 18.0. The highest BCUT2D eigenvalue weighted by molar-refractivity contribution is 5.95. The van der Waals surface area contributed by atoms with E-state index in [4.69, 9.17) is 0 Å². The molecule has 0 unspecified atom stereocenters. The van der Waals surface area contributed by atoms with Gasteiger partial charge in [0.1, 0.15) is 5.82 Å². The van der Waals surface area contributed by atoms with Crippen LogP contribution in [-0.2, 0) is 4.79 Å². The maximum atomic E-state index is 12.1. The molecule has 1 amide bonds. The van der Waals surface area contributed by atoms with Crippen molar-refractivity contribution < 1.29 is 4.79 Å². The number of hydrogen-bond acceptors (Lipinski definition) is 7. The van der Waals surface area contributed by atoms with Crippen molar-refractivity contribution in [3.63, 3.8) is 0 Å². The number of anilines is 3. The third-order valence-corrected chi connectivity index (χ3v) is 5.51. The van der Waals surface area contributed by atoms with Gasteiger partial charge in [-0.15, -0.1) is 0 Å². The van der Waals surface area contributed by atoms with Crippen LogP contribution in [0.4, 0.5) is 17.5 Å². The van der Waals surface area contributed by atoms with Crippen LogP contribution in [0.3, 0.4) is 0 Å². The van der Waals surface area contributed by atoms with Gasteiger partial charge in [0.05, 0.1) is 35.8 Å². The summed E-state index contributed by atoms with van der Waals surface area (Å²) >= 11 is 0. The Morgan fingerprint density at radius 3 is 2.81 bits per heavy atom. The maximum absolute atomic E-state index is 12.1. The van der Waals surface area contributed by atoms with E-state index in [9.17, 15) is 4.79 Å². The number of hydrogen-bond donors (Lipinski definition) is 2. The highest BCUT2D eigenvalue weighted by Gasteiger charge is 2.19. The van der Waals surface area contributed by atoms with Crippen LogP contribution in [0.1, 0.15) is 25.3 Å². The molecule has 0 aromatic carbocycles. The Kier molecular flexibility index (Phi) is 5.24. The van der Waals surface area contributed by atoms with Gasteiger partial charge in [-0.05, 0) is 36.2 Å². The molecule has 9 nitrogen and oxygen atoms in total. The summed E-state index contributed by atoms with van der Waals surface area (Å²) in [4.78, 5) is 27.2. The Labute approximate surface area is 185 Å². The molecule has 0 saturated carbocycles. The molecule has 5 heterocycles. The predicted octanol–water partition coefficient (Wildman–Crippen LogP) is 2.99. The van der Waals surface area contributed by atoms with Crippen molar-refractivity contribution in [2.75, 3.05) is 29.9 Å². The van der Waals surface area contributed by atoms with Crippen molar-refractivity contribution in [3.8, 4) is 11.3 Å². The SMILES string of the molecule is CC(C)c1cnn2ccc(-c3ccnc(Nc4ccc(N5CCNCC5=O)cn4)n3)cc12. The first-order valence-corrected chi connectivity index (χ1v) is 10.6. The number of carbonyl (C=O) groups excluding carboxylic acids is 1. The second-order valence-corrected chi connectivity index (χ2v) is 8.01. The minimum atomic E-state index is 0.0468. The molecule has 4 aromatic rings. The molecule has 32 heavy (non-hydrogen) atoms. The summed E-state index contributed by atoms with van der Waals surface area (Å²) in [7, 11) is 0. The number of piperazine rings is 1. The molecular formula is C23H24N8O. The van der Waals surface area contributed by atoms with E-state index >= 15 is 0 Å². The van der Waals surface area contributed by atoms with Crippen molar-refractivity contribution in [2.45, 2.75) is 19.8 Å². The minimum absolute atomic E-state index is 0.0468. The maximum Gasteiger partial charge on any atom is 0.241 e. The highest BCUT2D eigenvalue weighted by Crippen LogP contribution is 2.26. The predicted molar refractivity (Wildman–Crippen MR) is 123 cm³/mol. The number of nitrogens with one attached hydrogen (secondary N) is 2. The van der Waals surface area contributed by atoms with E-state index in [2.05, 4.69) is 50.6 Å². The first-order valence-electron chi connectivity index (χ1n) is 10.6. The van der Waals surface area contributed by atoms with Gasteiger partial charge in [0, 0.05) is 36.6 Å². The third-order valence-electron chi connectivity index (χ3n) is 5.51. The fraction of sp³-hybridized carbons (Fsp3) is 0.261. The van der Waals surface area contributed by atoms with E-state index in [0.717, 1.165) is 29.0 Å². The highest BCUT2D eigenvalue weighted by atomic mass is 16.2. The van der Waals surface area contributed by atoms with Crippen molar-refractivity contribution in [3.05, 3.63) is 60.7 Å². The van der Waals surface area contributed by atoms with Crippen molar-refractivity contribution in [1.29, 1.82) is 0 Å². The summed E-state index contributed by atoms with van der Waals surface area (Å²) in [6, 6.07) is 9.69. The lowest BCUT2D eigenvalue weighted by molar-refractivity contribution is -0.118. The molecule has 0 aliphatic carbocycles. The largest absolute Gasteiger partial charge is 0.309 e. The molecule has 1 aliphatic rings. The van der Waals surface area contributed by atoms with Gasteiger partial charge in [-0.2, -0.15) is 5.10 Å². The van der Waals surface area contributed by atoms with Crippen LogP contribution >= 0.6 is 0 Å². The molecule has 0 atom stereocenters. The van der Waals surface area contributed by atoms with Gasteiger partial charge in [0.15, 0.2) is 0 Å². The van der Waals surface area contributed by atoms with Crippen molar-refractivity contribution in [2.24, 2.45) is 0 Å². The number of aromatic nitrogens is 5. The van der Waals surface area contributed by atoms with E-state index in [0.29, 0.717) is 30.8 Å². The van der Waals surface area contributed by atoms with E-state index in [1.807, 2.05) is 41.2 Å². The van der Waals surface area contributed by atoms with Crippen LogP contribution in [0.15, 0.2) is 55.1 Å². The molecule has 1 aliphatic heterocycles. The molecule has 9 heteroatoms. The summed E-state index contributed by atoms with van der Waals surface area (Å²) in [5, 5.41) is 10.6. The number of rotatable bonds is 5. The quantitative estimate of drug-likeness (QED) is 0.504. The van der Waals surface area contributed by atoms with Crippen molar-refractivity contribution >= 4 is 28.9 Å². The minimum Gasteiger partial charge on any atom is -0.309 e. The summed E-state index contributed by atoms with van der Waals surface area (Å²) in [5.41, 5.74) is 4.86. The second kappa shape index (κ2) is 8.35. The van der Waals surface area contributed by atoms with E-state index in [-0.39, 0.29) is 5.91 Å².